The predicted octanol–water partition coefficient (Wildman–Crippen LogP) is 3.03. The maximum absolute atomic E-state index is 10.5. The summed E-state index contributed by atoms with van der Waals surface area (Å²) in [5.41, 5.74) is 0. The highest BCUT2D eigenvalue weighted by atomic mass is 32.1. The second-order valence-electron chi connectivity index (χ2n) is 7.47. The van der Waals surface area contributed by atoms with Gasteiger partial charge in [0.25, 0.3) is 0 Å². The van der Waals surface area contributed by atoms with E-state index in [1.54, 1.807) is 12.1 Å². The van der Waals surface area contributed by atoms with Gasteiger partial charge in [-0.1, -0.05) is 24.3 Å². The minimum atomic E-state index is -0.805. The molecule has 0 saturated heterocycles. The molecule has 1 aromatic rings. The average molecular weight is 420 g/mol. The number of carbonyl (C=O) groups is 1. The summed E-state index contributed by atoms with van der Waals surface area (Å²) in [6.07, 6.45) is 8.98. The van der Waals surface area contributed by atoms with Crippen molar-refractivity contribution in [3.05, 3.63) is 46.2 Å². The van der Waals surface area contributed by atoms with E-state index in [9.17, 15) is 20.1 Å². The molecule has 0 amide bonds. The molecule has 0 aromatic carbocycles. The van der Waals surface area contributed by atoms with E-state index in [0.717, 1.165) is 4.88 Å². The zero-order chi connectivity index (χ0) is 21.2. The first kappa shape index (κ1) is 23.3. The standard InChI is InChI=1S/C22H29NO5S/c23-14-17-11-10-16(29-17)9-7-15(24)8-12-19-18(20(25)13-21(19)26)5-3-1-2-4-6-22(27)28/h1,3,8,10-12,15,18-21,24-26H,2,4-7,9,13H2,(H,27,28)/b3-1+,12-8+/t15-,18+,19+,20-,21+/m0/s1. The highest BCUT2D eigenvalue weighted by Crippen LogP contribution is 2.36. The van der Waals surface area contributed by atoms with E-state index in [1.165, 1.54) is 11.3 Å². The van der Waals surface area contributed by atoms with Crippen molar-refractivity contribution in [2.24, 2.45) is 11.8 Å². The van der Waals surface area contributed by atoms with Gasteiger partial charge in [0, 0.05) is 23.6 Å². The highest BCUT2D eigenvalue weighted by Gasteiger charge is 2.39. The number of nitriles is 1. The molecule has 0 unspecified atom stereocenters. The first-order valence-corrected chi connectivity index (χ1v) is 10.8. The van der Waals surface area contributed by atoms with Crippen LogP contribution in [0.2, 0.25) is 0 Å². The fourth-order valence-corrected chi connectivity index (χ4v) is 4.48. The number of hydrogen-bond donors (Lipinski definition) is 4. The first-order valence-electron chi connectivity index (χ1n) is 9.98. The van der Waals surface area contributed by atoms with Crippen molar-refractivity contribution >= 4 is 17.3 Å². The topological polar surface area (TPSA) is 122 Å². The number of carboxylic acid groups (broad SMARTS) is 1. The summed E-state index contributed by atoms with van der Waals surface area (Å²) in [7, 11) is 0. The smallest absolute Gasteiger partial charge is 0.303 e. The van der Waals surface area contributed by atoms with Crippen LogP contribution in [-0.2, 0) is 11.2 Å². The maximum Gasteiger partial charge on any atom is 0.303 e. The van der Waals surface area contributed by atoms with Crippen molar-refractivity contribution in [3.8, 4) is 6.07 Å². The Hall–Kier alpha value is -1.98. The number of aliphatic hydroxyl groups excluding tert-OH is 3. The van der Waals surface area contributed by atoms with Crippen LogP contribution in [-0.4, -0.2) is 44.7 Å². The number of aliphatic carboxylic acids is 1. The van der Waals surface area contributed by atoms with Crippen molar-refractivity contribution < 1.29 is 25.2 Å². The number of rotatable bonds is 11. The molecule has 6 nitrogen and oxygen atoms in total. The summed E-state index contributed by atoms with van der Waals surface area (Å²) >= 11 is 1.43. The van der Waals surface area contributed by atoms with Crippen molar-refractivity contribution in [3.63, 3.8) is 0 Å². The maximum atomic E-state index is 10.5. The van der Waals surface area contributed by atoms with Gasteiger partial charge in [-0.15, -0.1) is 11.3 Å². The monoisotopic (exact) mass is 419 g/mol. The van der Waals surface area contributed by atoms with E-state index < -0.39 is 24.3 Å². The number of carboxylic acids is 1. The molecule has 7 heteroatoms. The Balaban J connectivity index is 1.82. The second kappa shape index (κ2) is 11.9. The summed E-state index contributed by atoms with van der Waals surface area (Å²) in [5.74, 6) is -1.16. The van der Waals surface area contributed by atoms with Crippen LogP contribution in [0.4, 0.5) is 0 Å². The molecule has 1 fully saturated rings. The molecule has 0 radical (unpaired) electrons. The number of aliphatic hydroxyl groups is 3. The van der Waals surface area contributed by atoms with Crippen LogP contribution in [0.5, 0.6) is 0 Å². The van der Waals surface area contributed by atoms with E-state index in [0.29, 0.717) is 43.4 Å². The third-order valence-corrected chi connectivity index (χ3v) is 6.32. The molecule has 1 heterocycles. The van der Waals surface area contributed by atoms with E-state index in [2.05, 4.69) is 6.07 Å². The lowest BCUT2D eigenvalue weighted by Gasteiger charge is -2.19. The van der Waals surface area contributed by atoms with Crippen LogP contribution in [0.15, 0.2) is 36.4 Å². The molecular weight excluding hydrogens is 390 g/mol. The van der Waals surface area contributed by atoms with Gasteiger partial charge < -0.3 is 20.4 Å². The first-order chi connectivity index (χ1) is 13.9. The SMILES string of the molecule is N#Cc1ccc(CC[C@H](O)/C=C/[C@@H]2[C@@H](C/C=C/CCCC(=O)O)[C@@H](O)C[C@H]2O)s1. The largest absolute Gasteiger partial charge is 0.481 e. The molecule has 1 aromatic heterocycles. The van der Waals surface area contributed by atoms with Gasteiger partial charge in [0.15, 0.2) is 0 Å². The van der Waals surface area contributed by atoms with E-state index >= 15 is 0 Å². The predicted molar refractivity (Wildman–Crippen MR) is 111 cm³/mol. The fourth-order valence-electron chi connectivity index (χ4n) is 3.66. The zero-order valence-corrected chi connectivity index (χ0v) is 17.2. The van der Waals surface area contributed by atoms with Gasteiger partial charge in [0.05, 0.1) is 18.3 Å². The van der Waals surface area contributed by atoms with Crippen LogP contribution in [0.25, 0.3) is 0 Å². The molecule has 0 bridgehead atoms. The van der Waals surface area contributed by atoms with Crippen molar-refractivity contribution in [2.45, 2.75) is 63.3 Å². The molecular formula is C22H29NO5S. The molecule has 1 saturated carbocycles. The molecule has 5 atom stereocenters. The number of aryl methyl sites for hydroxylation is 1. The van der Waals surface area contributed by atoms with E-state index in [4.69, 9.17) is 10.4 Å². The van der Waals surface area contributed by atoms with Crippen molar-refractivity contribution in [2.75, 3.05) is 0 Å². The van der Waals surface area contributed by atoms with Crippen LogP contribution in [0.3, 0.4) is 0 Å². The Morgan fingerprint density at radius 2 is 2.10 bits per heavy atom. The molecule has 0 spiro atoms. The van der Waals surface area contributed by atoms with E-state index in [-0.39, 0.29) is 18.3 Å². The molecule has 29 heavy (non-hydrogen) atoms. The number of thiophene rings is 1. The quantitative estimate of drug-likeness (QED) is 0.323. The molecule has 0 aliphatic heterocycles. The molecule has 158 valence electrons. The minimum Gasteiger partial charge on any atom is -0.481 e. The summed E-state index contributed by atoms with van der Waals surface area (Å²) in [6, 6.07) is 5.78. The third kappa shape index (κ3) is 7.75. The molecule has 1 aliphatic carbocycles. The number of allylic oxidation sites excluding steroid dienone is 2. The Morgan fingerprint density at radius 3 is 2.79 bits per heavy atom. The lowest BCUT2D eigenvalue weighted by molar-refractivity contribution is -0.137. The van der Waals surface area contributed by atoms with Gasteiger partial charge in [-0.3, -0.25) is 4.79 Å². The van der Waals surface area contributed by atoms with Gasteiger partial charge in [-0.25, -0.2) is 0 Å². The number of nitrogens with zero attached hydrogens (tertiary/aromatic N) is 1. The average Bonchev–Trinajstić information content (AvgIpc) is 3.25. The van der Waals surface area contributed by atoms with Gasteiger partial charge in [-0.2, -0.15) is 5.26 Å². The van der Waals surface area contributed by atoms with E-state index in [1.807, 2.05) is 24.3 Å². The van der Waals surface area contributed by atoms with Gasteiger partial charge in [-0.05, 0) is 50.2 Å². The Kier molecular flexibility index (Phi) is 9.55. The molecule has 2 rings (SSSR count). The van der Waals surface area contributed by atoms with Gasteiger partial charge in [0.1, 0.15) is 10.9 Å². The third-order valence-electron chi connectivity index (χ3n) is 5.27. The summed E-state index contributed by atoms with van der Waals surface area (Å²) in [5, 5.41) is 48.3. The molecule has 4 N–H and O–H groups in total. The van der Waals surface area contributed by atoms with Crippen LogP contribution >= 0.6 is 11.3 Å². The zero-order valence-electron chi connectivity index (χ0n) is 16.4. The summed E-state index contributed by atoms with van der Waals surface area (Å²) in [4.78, 5) is 12.2. The lowest BCUT2D eigenvalue weighted by Crippen LogP contribution is -2.20. The highest BCUT2D eigenvalue weighted by molar-refractivity contribution is 7.12. The number of hydrogen-bond acceptors (Lipinski definition) is 6. The van der Waals surface area contributed by atoms with Crippen LogP contribution in [0, 0.1) is 23.2 Å². The van der Waals surface area contributed by atoms with Crippen molar-refractivity contribution in [1.82, 2.24) is 0 Å². The molecule has 1 aliphatic rings. The normalized spacial score (nSPS) is 25.6. The Morgan fingerprint density at radius 1 is 1.31 bits per heavy atom. The summed E-state index contributed by atoms with van der Waals surface area (Å²) in [6.45, 7) is 0. The van der Waals surface area contributed by atoms with Gasteiger partial charge >= 0.3 is 5.97 Å². The fraction of sp³-hybridized carbons (Fsp3) is 0.545. The number of unbranched alkanes of at least 4 members (excludes halogenated alkanes) is 1. The second-order valence-corrected chi connectivity index (χ2v) is 8.64. The van der Waals surface area contributed by atoms with Crippen LogP contribution in [0.1, 0.15) is 48.3 Å². The van der Waals surface area contributed by atoms with Crippen LogP contribution < -0.4 is 0 Å². The Bertz CT molecular complexity index is 751. The lowest BCUT2D eigenvalue weighted by atomic mass is 9.89. The summed E-state index contributed by atoms with van der Waals surface area (Å²) < 4.78 is 0. The van der Waals surface area contributed by atoms with Gasteiger partial charge in [0.2, 0.25) is 0 Å². The van der Waals surface area contributed by atoms with Crippen molar-refractivity contribution in [1.29, 1.82) is 5.26 Å². The Labute approximate surface area is 175 Å². The minimum absolute atomic E-state index is 0.125.